The number of rotatable bonds is 11. The maximum atomic E-state index is 12.9. The Hall–Kier alpha value is -4.59. The van der Waals surface area contributed by atoms with Crippen LogP contribution in [0.3, 0.4) is 0 Å². The molecule has 0 spiro atoms. The molecule has 0 bridgehead atoms. The number of ether oxygens (including phenoxy) is 2. The summed E-state index contributed by atoms with van der Waals surface area (Å²) in [5.41, 5.74) is 8.45. The van der Waals surface area contributed by atoms with Crippen molar-refractivity contribution in [1.29, 1.82) is 0 Å². The van der Waals surface area contributed by atoms with E-state index < -0.39 is 29.4 Å². The van der Waals surface area contributed by atoms with Crippen LogP contribution in [0.5, 0.6) is 5.75 Å². The molecule has 6 N–H and O–H groups in total. The first kappa shape index (κ1) is 42.2. The van der Waals surface area contributed by atoms with E-state index in [1.807, 2.05) is 48.5 Å². The second-order valence-corrected chi connectivity index (χ2v) is 14.9. The molecule has 13 heteroatoms. The van der Waals surface area contributed by atoms with Crippen molar-refractivity contribution in [2.24, 2.45) is 5.73 Å². The molecule has 2 aliphatic rings. The quantitative estimate of drug-likeness (QED) is 0.147. The van der Waals surface area contributed by atoms with Gasteiger partial charge >= 0.3 is 12.7 Å². The number of hydrogen-bond acceptors (Lipinski definition) is 8. The van der Waals surface area contributed by atoms with Crippen LogP contribution in [0, 0.1) is 0 Å². The number of halogens is 2. The summed E-state index contributed by atoms with van der Waals surface area (Å²) in [6.07, 6.45) is 3.34. The number of carbonyl (C=O) groups is 3. The van der Waals surface area contributed by atoms with Gasteiger partial charge in [-0.25, -0.2) is 4.79 Å². The Balaban J connectivity index is 0.000000244. The summed E-state index contributed by atoms with van der Waals surface area (Å²) < 4.78 is 35.1. The first-order valence-electron chi connectivity index (χ1n) is 18.7. The number of alkyl carbamates (subject to hydrolysis) is 1. The monoisotopic (exact) mass is 750 g/mol. The van der Waals surface area contributed by atoms with Crippen molar-refractivity contribution < 1.29 is 32.6 Å². The minimum absolute atomic E-state index is 0.181. The number of anilines is 2. The summed E-state index contributed by atoms with van der Waals surface area (Å²) in [5.74, 6) is -0.215. The van der Waals surface area contributed by atoms with Crippen molar-refractivity contribution in [2.75, 3.05) is 36.8 Å². The van der Waals surface area contributed by atoms with E-state index in [1.165, 1.54) is 17.2 Å². The van der Waals surface area contributed by atoms with E-state index in [0.717, 1.165) is 24.2 Å². The Morgan fingerprint density at radius 3 is 1.83 bits per heavy atom. The van der Waals surface area contributed by atoms with E-state index in [1.54, 1.807) is 39.0 Å². The Morgan fingerprint density at radius 1 is 0.815 bits per heavy atom. The van der Waals surface area contributed by atoms with Crippen LogP contribution in [0.4, 0.5) is 25.0 Å². The number of para-hydroxylation sites is 1. The molecule has 0 radical (unpaired) electrons. The van der Waals surface area contributed by atoms with Gasteiger partial charge in [-0.1, -0.05) is 56.3 Å². The van der Waals surface area contributed by atoms with Gasteiger partial charge in [0.15, 0.2) is 0 Å². The highest BCUT2D eigenvalue weighted by atomic mass is 19.3. The lowest BCUT2D eigenvalue weighted by atomic mass is 9.87. The Morgan fingerprint density at radius 2 is 1.33 bits per heavy atom. The number of nitrogens with two attached hydrogens (primary N) is 1. The standard InChI is InChI=1S/C22H27F2N3O2.C19H29N3O3/c1-2-16-7-9-18(10-8-16)26-20(28)22(25)11-13-27(14-12-22)15-17-5-3-4-6-19(17)29-21(23)24;1-5-14-6-8-15(9-7-14)21-16(23)19(10-12-20-13-11-19)22-17(24)25-18(2,3)4/h3-10,21H,2,11-15,25H2,1H3,(H,26,28);6-9,20H,5,10-13H2,1-4H3,(H,21,23)(H,22,24). The topological polar surface area (TPSA) is 147 Å². The zero-order valence-corrected chi connectivity index (χ0v) is 32.1. The number of aryl methyl sites for hydroxylation is 2. The minimum atomic E-state index is -2.86. The van der Waals surface area contributed by atoms with E-state index in [4.69, 9.17) is 10.5 Å². The van der Waals surface area contributed by atoms with E-state index in [-0.39, 0.29) is 17.6 Å². The van der Waals surface area contributed by atoms with Crippen molar-refractivity contribution in [3.05, 3.63) is 89.5 Å². The lowest BCUT2D eigenvalue weighted by Crippen LogP contribution is -2.61. The SMILES string of the molecule is CCc1ccc(NC(=O)C2(N)CCN(Cc3ccccc3OC(F)F)CC2)cc1.CCc1ccc(NC(=O)C2(NC(=O)OC(C)(C)C)CCNCC2)cc1. The Kier molecular flexibility index (Phi) is 14.9. The molecule has 2 fully saturated rings. The molecule has 54 heavy (non-hydrogen) atoms. The molecule has 0 aromatic heterocycles. The van der Waals surface area contributed by atoms with Gasteiger partial charge in [0.1, 0.15) is 16.9 Å². The van der Waals surface area contributed by atoms with Crippen LogP contribution in [-0.4, -0.2) is 72.3 Å². The van der Waals surface area contributed by atoms with E-state index in [0.29, 0.717) is 64.0 Å². The van der Waals surface area contributed by atoms with Gasteiger partial charge < -0.3 is 36.5 Å². The van der Waals surface area contributed by atoms with Gasteiger partial charge in [0.2, 0.25) is 11.8 Å². The lowest BCUT2D eigenvalue weighted by Gasteiger charge is -2.38. The van der Waals surface area contributed by atoms with E-state index in [9.17, 15) is 23.2 Å². The third-order valence-electron chi connectivity index (χ3n) is 9.66. The number of nitrogens with zero attached hydrogens (tertiary/aromatic N) is 1. The van der Waals surface area contributed by atoms with Gasteiger partial charge in [0.25, 0.3) is 0 Å². The molecule has 5 rings (SSSR count). The van der Waals surface area contributed by atoms with Gasteiger partial charge in [-0.3, -0.25) is 14.5 Å². The molecule has 2 saturated heterocycles. The van der Waals surface area contributed by atoms with Crippen LogP contribution >= 0.6 is 0 Å². The average Bonchev–Trinajstić information content (AvgIpc) is 3.13. The lowest BCUT2D eigenvalue weighted by molar-refractivity contribution is -0.123. The normalized spacial score (nSPS) is 16.7. The van der Waals surface area contributed by atoms with Gasteiger partial charge in [-0.05, 0) is 114 Å². The highest BCUT2D eigenvalue weighted by molar-refractivity contribution is 6.00. The van der Waals surface area contributed by atoms with Crippen molar-refractivity contribution in [3.63, 3.8) is 0 Å². The molecule has 0 saturated carbocycles. The number of amides is 3. The fourth-order valence-corrected chi connectivity index (χ4v) is 6.34. The van der Waals surface area contributed by atoms with Gasteiger partial charge in [-0.2, -0.15) is 8.78 Å². The number of alkyl halides is 2. The number of carbonyl (C=O) groups excluding carboxylic acids is 3. The molecule has 3 aromatic carbocycles. The summed E-state index contributed by atoms with van der Waals surface area (Å²) in [7, 11) is 0. The molecule has 0 atom stereocenters. The maximum absolute atomic E-state index is 12.9. The maximum Gasteiger partial charge on any atom is 0.408 e. The fraction of sp³-hybridized carbons (Fsp3) is 0.488. The zero-order valence-electron chi connectivity index (χ0n) is 32.1. The highest BCUT2D eigenvalue weighted by Crippen LogP contribution is 2.27. The van der Waals surface area contributed by atoms with Gasteiger partial charge in [-0.15, -0.1) is 0 Å². The van der Waals surface area contributed by atoms with Crippen LogP contribution in [0.2, 0.25) is 0 Å². The first-order chi connectivity index (χ1) is 25.6. The number of piperidine rings is 2. The molecule has 0 unspecified atom stereocenters. The van der Waals surface area contributed by atoms with Crippen molar-refractivity contribution in [1.82, 2.24) is 15.5 Å². The third kappa shape index (κ3) is 12.5. The molecular formula is C41H56F2N6O5. The summed E-state index contributed by atoms with van der Waals surface area (Å²) in [4.78, 5) is 40.0. The first-order valence-corrected chi connectivity index (χ1v) is 18.7. The van der Waals surface area contributed by atoms with E-state index >= 15 is 0 Å². The number of nitrogens with one attached hydrogen (secondary N) is 4. The third-order valence-corrected chi connectivity index (χ3v) is 9.66. The molecule has 2 aliphatic heterocycles. The van der Waals surface area contributed by atoms with Crippen LogP contribution in [0.15, 0.2) is 72.8 Å². The molecule has 3 amide bonds. The molecule has 2 heterocycles. The predicted octanol–water partition coefficient (Wildman–Crippen LogP) is 6.62. The molecular weight excluding hydrogens is 694 g/mol. The van der Waals surface area contributed by atoms with Crippen LogP contribution < -0.4 is 31.7 Å². The summed E-state index contributed by atoms with van der Waals surface area (Å²) in [6, 6.07) is 22.3. The molecule has 0 aliphatic carbocycles. The smallest absolute Gasteiger partial charge is 0.408 e. The van der Waals surface area contributed by atoms with Crippen molar-refractivity contribution >= 4 is 29.3 Å². The predicted molar refractivity (Wildman–Crippen MR) is 208 cm³/mol. The van der Waals surface area contributed by atoms with Crippen LogP contribution in [-0.2, 0) is 33.7 Å². The molecule has 11 nitrogen and oxygen atoms in total. The van der Waals surface area contributed by atoms with E-state index in [2.05, 4.69) is 44.8 Å². The van der Waals surface area contributed by atoms with Crippen LogP contribution in [0.25, 0.3) is 0 Å². The van der Waals surface area contributed by atoms with Gasteiger partial charge in [0.05, 0.1) is 5.54 Å². The zero-order chi connectivity index (χ0) is 39.4. The summed E-state index contributed by atoms with van der Waals surface area (Å²) >= 11 is 0. The Labute approximate surface area is 317 Å². The molecule has 3 aromatic rings. The van der Waals surface area contributed by atoms with Crippen molar-refractivity contribution in [3.8, 4) is 5.75 Å². The van der Waals surface area contributed by atoms with Gasteiger partial charge in [0, 0.05) is 36.6 Å². The molecule has 294 valence electrons. The highest BCUT2D eigenvalue weighted by Gasteiger charge is 2.42. The second-order valence-electron chi connectivity index (χ2n) is 14.9. The number of likely N-dealkylation sites (tertiary alicyclic amines) is 1. The summed E-state index contributed by atoms with van der Waals surface area (Å²) in [5, 5.41) is 11.9. The Bertz CT molecular complexity index is 1670. The number of hydrogen-bond donors (Lipinski definition) is 5. The van der Waals surface area contributed by atoms with Crippen LogP contribution in [0.1, 0.15) is 77.0 Å². The fourth-order valence-electron chi connectivity index (χ4n) is 6.34. The van der Waals surface area contributed by atoms with Crippen molar-refractivity contribution in [2.45, 2.75) is 103 Å². The number of benzene rings is 3. The summed E-state index contributed by atoms with van der Waals surface area (Å²) in [6.45, 7) is 9.71. The minimum Gasteiger partial charge on any atom is -0.444 e. The largest absolute Gasteiger partial charge is 0.444 e. The average molecular weight is 751 g/mol. The second kappa shape index (κ2) is 19.1.